The molecule has 206 valence electrons. The zero-order chi connectivity index (χ0) is 28.8. The van der Waals surface area contributed by atoms with Crippen LogP contribution in [-0.4, -0.2) is 32.3 Å². The van der Waals surface area contributed by atoms with Gasteiger partial charge < -0.3 is 20.0 Å². The molecule has 0 fully saturated rings. The number of hydrogen-bond donors (Lipinski definition) is 2. The first-order chi connectivity index (χ1) is 19.1. The summed E-state index contributed by atoms with van der Waals surface area (Å²) in [6.45, 7) is 5.47. The van der Waals surface area contributed by atoms with Crippen molar-refractivity contribution in [3.63, 3.8) is 0 Å². The Hall–Kier alpha value is -4.48. The number of fused-ring (bicyclic) bond motifs is 1. The van der Waals surface area contributed by atoms with Crippen molar-refractivity contribution in [2.75, 3.05) is 0 Å². The summed E-state index contributed by atoms with van der Waals surface area (Å²) in [5.74, 6) is -0.158. The van der Waals surface area contributed by atoms with Gasteiger partial charge in [0.05, 0.1) is 23.5 Å². The molecule has 4 rings (SSSR count). The summed E-state index contributed by atoms with van der Waals surface area (Å²) in [5, 5.41) is 19.6. The monoisotopic (exact) mass is 538 g/mol. The van der Waals surface area contributed by atoms with Crippen LogP contribution in [0.4, 0.5) is 0 Å². The third kappa shape index (κ3) is 6.93. The first-order valence-electron chi connectivity index (χ1n) is 13.4. The van der Waals surface area contributed by atoms with E-state index in [2.05, 4.69) is 6.07 Å². The van der Waals surface area contributed by atoms with Crippen LogP contribution in [0.25, 0.3) is 16.9 Å². The summed E-state index contributed by atoms with van der Waals surface area (Å²) in [5.41, 5.74) is 10.4. The maximum atomic E-state index is 13.2. The number of carbonyl (C=O) groups excluding carboxylic acids is 2. The molecule has 0 saturated carbocycles. The second-order valence-electron chi connectivity index (χ2n) is 10.4. The Bertz CT molecular complexity index is 1550. The maximum Gasteiger partial charge on any atom is 0.217 e. The van der Waals surface area contributed by atoms with Crippen molar-refractivity contribution >= 4 is 17.3 Å². The molecule has 0 spiro atoms. The van der Waals surface area contributed by atoms with E-state index in [-0.39, 0.29) is 30.6 Å². The molecule has 2 aromatic carbocycles. The lowest BCUT2D eigenvalue weighted by atomic mass is 9.88. The molecule has 1 amide bonds. The fourth-order valence-corrected chi connectivity index (χ4v) is 4.80. The molecule has 2 atom stereocenters. The molecule has 40 heavy (non-hydrogen) atoms. The second kappa shape index (κ2) is 12.6. The second-order valence-corrected chi connectivity index (χ2v) is 10.4. The SMILES string of the molecule is CC(C)Oc1ccc(C(=O)C[C@H](CCC(N)=O)Cc2ccc(-c3cn4cccc(C(C)O)c4n3)cc2)cc1C#N. The highest BCUT2D eigenvalue weighted by atomic mass is 16.5. The molecule has 0 bridgehead atoms. The van der Waals surface area contributed by atoms with E-state index >= 15 is 0 Å². The van der Waals surface area contributed by atoms with Crippen LogP contribution in [0.1, 0.15) is 73.2 Å². The topological polar surface area (TPSA) is 131 Å². The van der Waals surface area contributed by atoms with Gasteiger partial charge in [0, 0.05) is 41.9 Å². The van der Waals surface area contributed by atoms with Gasteiger partial charge in [-0.3, -0.25) is 9.59 Å². The Morgan fingerprint density at radius 2 is 1.88 bits per heavy atom. The van der Waals surface area contributed by atoms with E-state index < -0.39 is 12.0 Å². The van der Waals surface area contributed by atoms with E-state index in [4.69, 9.17) is 15.5 Å². The number of amides is 1. The molecule has 2 heterocycles. The smallest absolute Gasteiger partial charge is 0.217 e. The maximum absolute atomic E-state index is 13.2. The van der Waals surface area contributed by atoms with Crippen LogP contribution in [0.3, 0.4) is 0 Å². The highest BCUT2D eigenvalue weighted by molar-refractivity contribution is 5.96. The average Bonchev–Trinajstić information content (AvgIpc) is 3.36. The van der Waals surface area contributed by atoms with Gasteiger partial charge in [-0.25, -0.2) is 4.98 Å². The number of aromatic nitrogens is 2. The fraction of sp³-hybridized carbons (Fsp3) is 0.312. The number of nitrogens with two attached hydrogens (primary N) is 1. The lowest BCUT2D eigenvalue weighted by Crippen LogP contribution is -2.17. The van der Waals surface area contributed by atoms with E-state index in [1.165, 1.54) is 0 Å². The average molecular weight is 539 g/mol. The minimum absolute atomic E-state index is 0.0902. The Morgan fingerprint density at radius 1 is 1.12 bits per heavy atom. The van der Waals surface area contributed by atoms with Crippen molar-refractivity contribution in [1.29, 1.82) is 5.26 Å². The highest BCUT2D eigenvalue weighted by Crippen LogP contribution is 2.27. The van der Waals surface area contributed by atoms with E-state index in [9.17, 15) is 20.0 Å². The van der Waals surface area contributed by atoms with Gasteiger partial charge in [-0.05, 0) is 69.4 Å². The summed E-state index contributed by atoms with van der Waals surface area (Å²) < 4.78 is 7.57. The molecular formula is C32H34N4O4. The Morgan fingerprint density at radius 3 is 2.52 bits per heavy atom. The quantitative estimate of drug-likeness (QED) is 0.232. The summed E-state index contributed by atoms with van der Waals surface area (Å²) in [7, 11) is 0. The lowest BCUT2D eigenvalue weighted by Gasteiger charge is -2.17. The third-order valence-corrected chi connectivity index (χ3v) is 6.79. The largest absolute Gasteiger partial charge is 0.490 e. The minimum Gasteiger partial charge on any atom is -0.490 e. The molecule has 8 heteroatoms. The molecule has 0 saturated heterocycles. The molecule has 8 nitrogen and oxygen atoms in total. The van der Waals surface area contributed by atoms with Gasteiger partial charge in [0.1, 0.15) is 17.5 Å². The van der Waals surface area contributed by atoms with E-state index in [0.29, 0.717) is 35.4 Å². The first-order valence-corrected chi connectivity index (χ1v) is 13.4. The number of nitrogens with zero attached hydrogens (tertiary/aromatic N) is 3. The zero-order valence-corrected chi connectivity index (χ0v) is 23.0. The van der Waals surface area contributed by atoms with E-state index in [0.717, 1.165) is 22.4 Å². The van der Waals surface area contributed by atoms with Crippen molar-refractivity contribution in [3.05, 3.63) is 89.2 Å². The van der Waals surface area contributed by atoms with Crippen LogP contribution in [0.15, 0.2) is 67.0 Å². The molecule has 0 aliphatic heterocycles. The van der Waals surface area contributed by atoms with Crippen LogP contribution >= 0.6 is 0 Å². The van der Waals surface area contributed by atoms with Crippen molar-refractivity contribution < 1.29 is 19.4 Å². The summed E-state index contributed by atoms with van der Waals surface area (Å²) >= 11 is 0. The normalized spacial score (nSPS) is 12.7. The number of carbonyl (C=O) groups is 2. The van der Waals surface area contributed by atoms with Crippen LogP contribution in [0.2, 0.25) is 0 Å². The number of pyridine rings is 1. The summed E-state index contributed by atoms with van der Waals surface area (Å²) in [6, 6.07) is 18.7. The molecule has 3 N–H and O–H groups in total. The van der Waals surface area contributed by atoms with E-state index in [1.807, 2.05) is 67.0 Å². The van der Waals surface area contributed by atoms with Crippen LogP contribution in [0, 0.1) is 17.2 Å². The predicted octanol–water partition coefficient (Wildman–Crippen LogP) is 5.41. The minimum atomic E-state index is -0.626. The van der Waals surface area contributed by atoms with Gasteiger partial charge >= 0.3 is 0 Å². The summed E-state index contributed by atoms with van der Waals surface area (Å²) in [6.07, 6.45) is 4.60. The Labute approximate surface area is 234 Å². The predicted molar refractivity (Wildman–Crippen MR) is 153 cm³/mol. The number of benzene rings is 2. The number of ether oxygens (including phenoxy) is 1. The van der Waals surface area contributed by atoms with Gasteiger partial charge in [0.2, 0.25) is 5.91 Å². The number of ketones is 1. The van der Waals surface area contributed by atoms with Crippen LogP contribution in [0.5, 0.6) is 5.75 Å². The standard InChI is InChI=1S/C32H34N4O4/c1-20(2)40-30-12-11-25(17-26(30)18-33)29(38)16-23(8-13-31(34)39)15-22-6-9-24(10-7-22)28-19-36-14-4-5-27(21(3)37)32(36)35-28/h4-7,9-12,14,17,19-21,23,37H,8,13,15-16H2,1-3H3,(H2,34,39)/t21?,23-/m1/s1. The molecular weight excluding hydrogens is 504 g/mol. The number of aliphatic hydroxyl groups is 1. The molecule has 0 radical (unpaired) electrons. The van der Waals surface area contributed by atoms with Crippen LogP contribution in [-0.2, 0) is 11.2 Å². The van der Waals surface area contributed by atoms with Crippen LogP contribution < -0.4 is 10.5 Å². The number of hydrogen-bond acceptors (Lipinski definition) is 6. The van der Waals surface area contributed by atoms with Gasteiger partial charge in [0.15, 0.2) is 5.78 Å². The number of aliphatic hydroxyl groups excluding tert-OH is 1. The van der Waals surface area contributed by atoms with Crippen molar-refractivity contribution in [2.45, 2.75) is 58.7 Å². The highest BCUT2D eigenvalue weighted by Gasteiger charge is 2.19. The van der Waals surface area contributed by atoms with Crippen molar-refractivity contribution in [3.8, 4) is 23.1 Å². The fourth-order valence-electron chi connectivity index (χ4n) is 4.80. The van der Waals surface area contributed by atoms with Crippen molar-refractivity contribution in [2.24, 2.45) is 11.7 Å². The van der Waals surface area contributed by atoms with Gasteiger partial charge in [-0.1, -0.05) is 30.3 Å². The molecule has 4 aromatic rings. The van der Waals surface area contributed by atoms with Crippen molar-refractivity contribution in [1.82, 2.24) is 9.38 Å². The Balaban J connectivity index is 1.51. The molecule has 2 aromatic heterocycles. The number of rotatable bonds is 12. The molecule has 0 aliphatic rings. The number of primary amides is 1. The molecule has 0 aliphatic carbocycles. The van der Waals surface area contributed by atoms with Gasteiger partial charge in [-0.15, -0.1) is 0 Å². The number of Topliss-reactive ketones (excluding diaryl/α,β-unsaturated/α-hetero) is 1. The zero-order valence-electron chi connectivity index (χ0n) is 23.0. The summed E-state index contributed by atoms with van der Waals surface area (Å²) in [4.78, 5) is 29.4. The van der Waals surface area contributed by atoms with E-state index in [1.54, 1.807) is 25.1 Å². The number of imidazole rings is 1. The Kier molecular flexibility index (Phi) is 8.97. The lowest BCUT2D eigenvalue weighted by molar-refractivity contribution is -0.118. The number of nitriles is 1. The third-order valence-electron chi connectivity index (χ3n) is 6.79. The first kappa shape index (κ1) is 28.5. The van der Waals surface area contributed by atoms with Gasteiger partial charge in [0.25, 0.3) is 0 Å². The molecule has 1 unspecified atom stereocenters. The van der Waals surface area contributed by atoms with Gasteiger partial charge in [-0.2, -0.15) is 5.26 Å².